The zero-order valence-electron chi connectivity index (χ0n) is 33.7. The first kappa shape index (κ1) is 44.2. The summed E-state index contributed by atoms with van der Waals surface area (Å²) in [7, 11) is 4.10. The third kappa shape index (κ3) is 16.1. The molecule has 3 aliphatic heterocycles. The lowest BCUT2D eigenvalue weighted by molar-refractivity contribution is -0.138. The third-order valence-electron chi connectivity index (χ3n) is 11.1. The quantitative estimate of drug-likeness (QED) is 0.145. The van der Waals surface area contributed by atoms with E-state index in [1.165, 1.54) is 0 Å². The molecule has 49 heavy (non-hydrogen) atoms. The Labute approximate surface area is 302 Å². The van der Waals surface area contributed by atoms with E-state index in [9.17, 15) is 9.59 Å². The fraction of sp³-hybridized carbons (Fsp3) is 0.950. The molecule has 9 heteroatoms. The Morgan fingerprint density at radius 3 is 1.43 bits per heavy atom. The Bertz CT molecular complexity index is 902. The lowest BCUT2D eigenvalue weighted by atomic mass is 9.73. The number of carbonyl (C=O) groups is 2. The van der Waals surface area contributed by atoms with Gasteiger partial charge in [0.25, 0.3) is 0 Å². The highest BCUT2D eigenvalue weighted by Gasteiger charge is 2.42. The van der Waals surface area contributed by atoms with Gasteiger partial charge in [0.1, 0.15) is 11.6 Å². The number of piperidine rings is 2. The molecule has 3 aliphatic rings. The number of morpholine rings is 1. The average Bonchev–Trinajstić information content (AvgIpc) is 3.07. The number of Topliss-reactive ketones (excluding diaryl/α,β-unsaturated/α-hetero) is 2. The van der Waals surface area contributed by atoms with Gasteiger partial charge in [-0.2, -0.15) is 0 Å². The van der Waals surface area contributed by atoms with E-state index in [-0.39, 0.29) is 10.8 Å². The summed E-state index contributed by atoms with van der Waals surface area (Å²) in [5, 5.41) is 0. The van der Waals surface area contributed by atoms with Crippen LogP contribution in [-0.4, -0.2) is 149 Å². The van der Waals surface area contributed by atoms with Gasteiger partial charge in [-0.3, -0.25) is 14.5 Å². The molecule has 0 aliphatic carbocycles. The third-order valence-corrected chi connectivity index (χ3v) is 11.1. The minimum absolute atomic E-state index is 0.243. The number of hydrogen-bond acceptors (Lipinski definition) is 9. The van der Waals surface area contributed by atoms with Crippen LogP contribution in [0.5, 0.6) is 0 Å². The molecule has 0 aromatic carbocycles. The van der Waals surface area contributed by atoms with Crippen molar-refractivity contribution in [2.75, 3.05) is 106 Å². The van der Waals surface area contributed by atoms with Crippen molar-refractivity contribution in [2.24, 2.45) is 22.7 Å². The molecule has 3 fully saturated rings. The van der Waals surface area contributed by atoms with Crippen molar-refractivity contribution in [1.29, 1.82) is 0 Å². The molecular weight excluding hydrogens is 616 g/mol. The molecule has 3 saturated heterocycles. The van der Waals surface area contributed by atoms with Crippen LogP contribution in [0.25, 0.3) is 0 Å². The van der Waals surface area contributed by atoms with Gasteiger partial charge in [0.05, 0.1) is 50.5 Å². The van der Waals surface area contributed by atoms with Crippen LogP contribution in [-0.2, 0) is 23.8 Å². The van der Waals surface area contributed by atoms with Crippen molar-refractivity contribution in [1.82, 2.24) is 19.6 Å². The maximum absolute atomic E-state index is 13.1. The van der Waals surface area contributed by atoms with Crippen molar-refractivity contribution in [3.63, 3.8) is 0 Å². The Kier molecular flexibility index (Phi) is 20.6. The molecular formula is C40H78N4O5. The van der Waals surface area contributed by atoms with Crippen LogP contribution in [0.1, 0.15) is 107 Å². The second-order valence-electron chi connectivity index (χ2n) is 16.9. The zero-order valence-corrected chi connectivity index (χ0v) is 33.7. The first-order valence-corrected chi connectivity index (χ1v) is 19.8. The molecule has 0 saturated carbocycles. The molecule has 0 unspecified atom stereocenters. The van der Waals surface area contributed by atoms with Crippen LogP contribution >= 0.6 is 0 Å². The summed E-state index contributed by atoms with van der Waals surface area (Å²) in [6, 6.07) is 1.12. The topological polar surface area (TPSA) is 74.8 Å². The zero-order chi connectivity index (χ0) is 36.5. The van der Waals surface area contributed by atoms with Gasteiger partial charge in [-0.15, -0.1) is 0 Å². The minimum atomic E-state index is -0.259. The lowest BCUT2D eigenvalue weighted by Crippen LogP contribution is -2.49. The molecule has 3 rings (SSSR count). The molecule has 0 radical (unpaired) electrons. The fourth-order valence-corrected chi connectivity index (χ4v) is 7.11. The molecule has 0 spiro atoms. The standard InChI is InChI=1S/C21H40N2O3.C19H38N2O2/c1-18(2)5-6-20(24)21(7-9-23(10-8-21)19(3)4)17-26-16-13-22-11-14-25-15-12-22;1-16(2)7-8-18(22)19(15-23-14-13-20(5)6)9-11-21(12-10-19)17(3)4/h18-19H,5-17H2,1-4H3;16-17H,7-15H2,1-6H3. The summed E-state index contributed by atoms with van der Waals surface area (Å²) >= 11 is 0. The summed E-state index contributed by atoms with van der Waals surface area (Å²) < 4.78 is 17.4. The van der Waals surface area contributed by atoms with Crippen molar-refractivity contribution < 1.29 is 23.8 Å². The predicted octanol–water partition coefficient (Wildman–Crippen LogP) is 5.89. The summed E-state index contributed by atoms with van der Waals surface area (Å²) in [6.45, 7) is 29.9. The number of likely N-dealkylation sites (N-methyl/N-ethyl adjacent to an activating group) is 1. The number of ether oxygens (including phenoxy) is 3. The molecule has 0 amide bonds. The largest absolute Gasteiger partial charge is 0.379 e. The van der Waals surface area contributed by atoms with Gasteiger partial charge in [0, 0.05) is 51.1 Å². The maximum atomic E-state index is 13.1. The number of ketones is 2. The van der Waals surface area contributed by atoms with E-state index in [4.69, 9.17) is 14.2 Å². The Balaban J connectivity index is 0.000000343. The Morgan fingerprint density at radius 2 is 1.06 bits per heavy atom. The van der Waals surface area contributed by atoms with Gasteiger partial charge in [0.2, 0.25) is 0 Å². The van der Waals surface area contributed by atoms with E-state index < -0.39 is 0 Å². The Hall–Kier alpha value is -0.940. The fourth-order valence-electron chi connectivity index (χ4n) is 7.11. The van der Waals surface area contributed by atoms with Gasteiger partial charge in [-0.1, -0.05) is 27.7 Å². The van der Waals surface area contributed by atoms with Gasteiger partial charge in [-0.25, -0.2) is 0 Å². The van der Waals surface area contributed by atoms with Crippen molar-refractivity contribution in [3.05, 3.63) is 0 Å². The second-order valence-corrected chi connectivity index (χ2v) is 16.9. The van der Waals surface area contributed by atoms with Gasteiger partial charge in [-0.05, 0) is 118 Å². The molecule has 9 nitrogen and oxygen atoms in total. The van der Waals surface area contributed by atoms with Crippen molar-refractivity contribution in [2.45, 2.75) is 119 Å². The summed E-state index contributed by atoms with van der Waals surface area (Å²) in [6.07, 6.45) is 7.17. The molecule has 288 valence electrons. The molecule has 0 atom stereocenters. The molecule has 0 bridgehead atoms. The number of hydrogen-bond donors (Lipinski definition) is 0. The minimum Gasteiger partial charge on any atom is -0.379 e. The van der Waals surface area contributed by atoms with Crippen LogP contribution in [0.3, 0.4) is 0 Å². The first-order valence-electron chi connectivity index (χ1n) is 19.8. The molecule has 0 aromatic rings. The summed E-state index contributed by atoms with van der Waals surface area (Å²) in [5.74, 6) is 2.02. The molecule has 0 aromatic heterocycles. The lowest BCUT2D eigenvalue weighted by Gasteiger charge is -2.42. The van der Waals surface area contributed by atoms with E-state index in [0.29, 0.717) is 74.8 Å². The SMILES string of the molecule is CC(C)CCC(=O)C1(COCCN(C)C)CCN(C(C)C)CC1.CC(C)CCC(=O)C1(COCCN2CCOCC2)CCN(C(C)C)CC1. The van der Waals surface area contributed by atoms with E-state index in [2.05, 4.69) is 75.0 Å². The highest BCUT2D eigenvalue weighted by atomic mass is 16.5. The highest BCUT2D eigenvalue weighted by Crippen LogP contribution is 2.37. The van der Waals surface area contributed by atoms with Crippen LogP contribution < -0.4 is 0 Å². The smallest absolute Gasteiger partial charge is 0.141 e. The van der Waals surface area contributed by atoms with Crippen LogP contribution in [0, 0.1) is 22.7 Å². The number of carbonyl (C=O) groups excluding carboxylic acids is 2. The molecule has 3 heterocycles. The average molecular weight is 695 g/mol. The Morgan fingerprint density at radius 1 is 0.653 bits per heavy atom. The van der Waals surface area contributed by atoms with Crippen molar-refractivity contribution in [3.8, 4) is 0 Å². The normalized spacial score (nSPS) is 20.7. The van der Waals surface area contributed by atoms with E-state index >= 15 is 0 Å². The van der Waals surface area contributed by atoms with Gasteiger partial charge < -0.3 is 28.9 Å². The van der Waals surface area contributed by atoms with E-state index in [1.54, 1.807) is 0 Å². The predicted molar refractivity (Wildman–Crippen MR) is 202 cm³/mol. The van der Waals surface area contributed by atoms with Crippen LogP contribution in [0.15, 0.2) is 0 Å². The van der Waals surface area contributed by atoms with Crippen LogP contribution in [0.2, 0.25) is 0 Å². The number of likely N-dealkylation sites (tertiary alicyclic amines) is 2. The summed E-state index contributed by atoms with van der Waals surface area (Å²) in [4.78, 5) is 35.5. The monoisotopic (exact) mass is 695 g/mol. The van der Waals surface area contributed by atoms with Crippen molar-refractivity contribution >= 4 is 11.6 Å². The van der Waals surface area contributed by atoms with Gasteiger partial charge >= 0.3 is 0 Å². The maximum Gasteiger partial charge on any atom is 0.141 e. The highest BCUT2D eigenvalue weighted by molar-refractivity contribution is 5.85. The molecule has 0 N–H and O–H groups in total. The second kappa shape index (κ2) is 22.9. The van der Waals surface area contributed by atoms with E-state index in [1.807, 2.05) is 14.1 Å². The summed E-state index contributed by atoms with van der Waals surface area (Å²) in [5.41, 5.74) is -0.502. The van der Waals surface area contributed by atoms with Crippen LogP contribution in [0.4, 0.5) is 0 Å². The first-order chi connectivity index (χ1) is 23.2. The number of nitrogens with zero attached hydrogens (tertiary/aromatic N) is 4. The number of rotatable bonds is 20. The van der Waals surface area contributed by atoms with E-state index in [0.717, 1.165) is 104 Å². The van der Waals surface area contributed by atoms with Gasteiger partial charge in [0.15, 0.2) is 0 Å².